The first-order chi connectivity index (χ1) is 11.6. The molecule has 0 aliphatic rings. The minimum atomic E-state index is 0.458. The van der Waals surface area contributed by atoms with Gasteiger partial charge in [-0.2, -0.15) is 5.26 Å². The van der Waals surface area contributed by atoms with Gasteiger partial charge in [-0.3, -0.25) is 0 Å². The molecule has 0 unspecified atom stereocenters. The van der Waals surface area contributed by atoms with Crippen LogP contribution in [0.15, 0.2) is 47.8 Å². The number of benzene rings is 2. The van der Waals surface area contributed by atoms with Crippen molar-refractivity contribution in [2.24, 2.45) is 0 Å². The van der Waals surface area contributed by atoms with Crippen LogP contribution in [0.5, 0.6) is 0 Å². The average molecular weight is 392 g/mol. The summed E-state index contributed by atoms with van der Waals surface area (Å²) in [6, 6.07) is 14.9. The van der Waals surface area contributed by atoms with E-state index in [9.17, 15) is 5.26 Å². The highest BCUT2D eigenvalue weighted by Gasteiger charge is 2.11. The highest BCUT2D eigenvalue weighted by molar-refractivity contribution is 7.11. The van der Waals surface area contributed by atoms with Crippen LogP contribution in [0.1, 0.15) is 10.6 Å². The number of nitriles is 1. The predicted molar refractivity (Wildman–Crippen MR) is 103 cm³/mol. The molecule has 3 aromatic rings. The molecule has 6 heteroatoms. The molecular formula is C18H9Cl3N2S. The molecule has 0 aliphatic heterocycles. The second-order valence-electron chi connectivity index (χ2n) is 4.86. The van der Waals surface area contributed by atoms with E-state index < -0.39 is 0 Å². The SMILES string of the molecule is N#C/C(=C\c1ccccc1Cl)c1nc(-c2ccc(Cl)c(Cl)c2)cs1. The van der Waals surface area contributed by atoms with Crippen LogP contribution in [0.4, 0.5) is 0 Å². The highest BCUT2D eigenvalue weighted by atomic mass is 35.5. The van der Waals surface area contributed by atoms with Crippen molar-refractivity contribution >= 4 is 57.8 Å². The predicted octanol–water partition coefficient (Wildman–Crippen LogP) is 6.83. The molecule has 1 heterocycles. The number of hydrogen-bond acceptors (Lipinski definition) is 3. The molecule has 1 aromatic heterocycles. The van der Waals surface area contributed by atoms with E-state index in [0.29, 0.717) is 25.6 Å². The van der Waals surface area contributed by atoms with Gasteiger partial charge in [-0.05, 0) is 29.8 Å². The number of aromatic nitrogens is 1. The normalized spacial score (nSPS) is 11.3. The first kappa shape index (κ1) is 17.0. The molecule has 0 N–H and O–H groups in total. The first-order valence-electron chi connectivity index (χ1n) is 6.86. The summed E-state index contributed by atoms with van der Waals surface area (Å²) in [6.07, 6.45) is 1.74. The fraction of sp³-hybridized carbons (Fsp3) is 0. The average Bonchev–Trinajstić information content (AvgIpc) is 3.06. The maximum atomic E-state index is 9.46. The van der Waals surface area contributed by atoms with Crippen molar-refractivity contribution in [2.45, 2.75) is 0 Å². The Morgan fingerprint density at radius 3 is 2.54 bits per heavy atom. The quantitative estimate of drug-likeness (QED) is 0.458. The summed E-state index contributed by atoms with van der Waals surface area (Å²) in [4.78, 5) is 4.53. The van der Waals surface area contributed by atoms with Crippen LogP contribution in [0.2, 0.25) is 15.1 Å². The minimum Gasteiger partial charge on any atom is -0.235 e. The zero-order valence-corrected chi connectivity index (χ0v) is 15.2. The smallest absolute Gasteiger partial charge is 0.134 e. The molecule has 0 spiro atoms. The van der Waals surface area contributed by atoms with Crippen molar-refractivity contribution in [1.82, 2.24) is 4.98 Å². The zero-order valence-electron chi connectivity index (χ0n) is 12.1. The molecule has 2 aromatic carbocycles. The standard InChI is InChI=1S/C18H9Cl3N2S/c19-14-4-2-1-3-11(14)7-13(9-22)18-23-17(10-24-18)12-5-6-15(20)16(21)8-12/h1-8,10H/b13-7+. The van der Waals surface area contributed by atoms with Crippen molar-refractivity contribution in [2.75, 3.05) is 0 Å². The first-order valence-corrected chi connectivity index (χ1v) is 8.87. The van der Waals surface area contributed by atoms with E-state index in [-0.39, 0.29) is 0 Å². The molecule has 0 saturated carbocycles. The maximum Gasteiger partial charge on any atom is 0.134 e. The Labute approximate surface area is 158 Å². The molecule has 0 fully saturated rings. The van der Waals surface area contributed by atoms with Gasteiger partial charge in [0.2, 0.25) is 0 Å². The Kier molecular flexibility index (Phi) is 5.23. The summed E-state index contributed by atoms with van der Waals surface area (Å²) < 4.78 is 0. The van der Waals surface area contributed by atoms with Gasteiger partial charge in [-0.15, -0.1) is 11.3 Å². The summed E-state index contributed by atoms with van der Waals surface area (Å²) >= 11 is 19.5. The third kappa shape index (κ3) is 3.63. The van der Waals surface area contributed by atoms with Crippen LogP contribution < -0.4 is 0 Å². The lowest BCUT2D eigenvalue weighted by molar-refractivity contribution is 1.37. The Balaban J connectivity index is 1.98. The summed E-state index contributed by atoms with van der Waals surface area (Å²) in [6.45, 7) is 0. The lowest BCUT2D eigenvalue weighted by Gasteiger charge is -2.00. The van der Waals surface area contributed by atoms with E-state index in [2.05, 4.69) is 11.1 Å². The number of hydrogen-bond donors (Lipinski definition) is 0. The zero-order chi connectivity index (χ0) is 17.1. The van der Waals surface area contributed by atoms with Gasteiger partial charge in [0.15, 0.2) is 0 Å². The molecule has 0 bridgehead atoms. The third-order valence-corrected chi connectivity index (χ3v) is 5.23. The van der Waals surface area contributed by atoms with E-state index in [1.807, 2.05) is 29.6 Å². The minimum absolute atomic E-state index is 0.458. The van der Waals surface area contributed by atoms with Crippen molar-refractivity contribution in [3.05, 3.63) is 73.5 Å². The summed E-state index contributed by atoms with van der Waals surface area (Å²) in [5.41, 5.74) is 2.83. The van der Waals surface area contributed by atoms with Crippen LogP contribution in [-0.4, -0.2) is 4.98 Å². The number of rotatable bonds is 3. The van der Waals surface area contributed by atoms with Crippen molar-refractivity contribution in [3.8, 4) is 17.3 Å². The van der Waals surface area contributed by atoms with E-state index >= 15 is 0 Å². The van der Waals surface area contributed by atoms with Crippen molar-refractivity contribution < 1.29 is 0 Å². The molecule has 24 heavy (non-hydrogen) atoms. The summed E-state index contributed by atoms with van der Waals surface area (Å²) in [7, 11) is 0. The molecule has 3 rings (SSSR count). The van der Waals surface area contributed by atoms with E-state index in [1.165, 1.54) is 11.3 Å². The largest absolute Gasteiger partial charge is 0.235 e. The Morgan fingerprint density at radius 1 is 1.04 bits per heavy atom. The molecule has 0 radical (unpaired) electrons. The summed E-state index contributed by atoms with van der Waals surface area (Å²) in [5, 5.41) is 13.5. The topological polar surface area (TPSA) is 36.7 Å². The van der Waals surface area contributed by atoms with E-state index in [0.717, 1.165) is 16.8 Å². The van der Waals surface area contributed by atoms with Gasteiger partial charge < -0.3 is 0 Å². The van der Waals surface area contributed by atoms with Crippen LogP contribution >= 0.6 is 46.1 Å². The van der Waals surface area contributed by atoms with Gasteiger partial charge in [-0.25, -0.2) is 4.98 Å². The van der Waals surface area contributed by atoms with Crippen LogP contribution in [0.3, 0.4) is 0 Å². The fourth-order valence-electron chi connectivity index (χ4n) is 2.07. The van der Waals surface area contributed by atoms with E-state index in [1.54, 1.807) is 24.3 Å². The second-order valence-corrected chi connectivity index (χ2v) is 6.94. The van der Waals surface area contributed by atoms with Crippen LogP contribution in [-0.2, 0) is 0 Å². The molecule has 2 nitrogen and oxygen atoms in total. The van der Waals surface area contributed by atoms with Gasteiger partial charge in [0.05, 0.1) is 21.3 Å². The summed E-state index contributed by atoms with van der Waals surface area (Å²) in [5.74, 6) is 0. The lowest BCUT2D eigenvalue weighted by Crippen LogP contribution is -1.84. The number of thiazole rings is 1. The highest BCUT2D eigenvalue weighted by Crippen LogP contribution is 2.31. The molecule has 0 aliphatic carbocycles. The van der Waals surface area contributed by atoms with Crippen molar-refractivity contribution in [3.63, 3.8) is 0 Å². The van der Waals surface area contributed by atoms with Crippen LogP contribution in [0, 0.1) is 11.3 Å². The van der Waals surface area contributed by atoms with Gasteiger partial charge >= 0.3 is 0 Å². The Morgan fingerprint density at radius 2 is 1.83 bits per heavy atom. The van der Waals surface area contributed by atoms with Gasteiger partial charge in [0.1, 0.15) is 11.1 Å². The number of allylic oxidation sites excluding steroid dienone is 1. The van der Waals surface area contributed by atoms with E-state index in [4.69, 9.17) is 34.8 Å². The molecule has 118 valence electrons. The third-order valence-electron chi connectivity index (χ3n) is 3.28. The van der Waals surface area contributed by atoms with Gasteiger partial charge in [0, 0.05) is 16.0 Å². The van der Waals surface area contributed by atoms with Gasteiger partial charge in [-0.1, -0.05) is 59.1 Å². The number of nitrogens with zero attached hydrogens (tertiary/aromatic N) is 2. The lowest BCUT2D eigenvalue weighted by atomic mass is 10.1. The molecule has 0 amide bonds. The maximum absolute atomic E-state index is 9.46. The second kappa shape index (κ2) is 7.38. The monoisotopic (exact) mass is 390 g/mol. The Hall–Kier alpha value is -1.83. The molecule has 0 saturated heterocycles. The number of halogens is 3. The Bertz CT molecular complexity index is 970. The van der Waals surface area contributed by atoms with Crippen LogP contribution in [0.25, 0.3) is 22.9 Å². The fourth-order valence-corrected chi connectivity index (χ4v) is 3.36. The molecule has 0 atom stereocenters. The van der Waals surface area contributed by atoms with Crippen molar-refractivity contribution in [1.29, 1.82) is 5.26 Å². The molecular weight excluding hydrogens is 383 g/mol. The van der Waals surface area contributed by atoms with Gasteiger partial charge in [0.25, 0.3) is 0 Å².